The van der Waals surface area contributed by atoms with Gasteiger partial charge in [0.25, 0.3) is 0 Å². The molecule has 2 atom stereocenters. The second-order valence-electron chi connectivity index (χ2n) is 4.37. The first-order chi connectivity index (χ1) is 5.54. The van der Waals surface area contributed by atoms with Crippen LogP contribution in [0.4, 0.5) is 4.39 Å². The number of nitrogens with zero attached hydrogens (tertiary/aromatic N) is 1. The summed E-state index contributed by atoms with van der Waals surface area (Å²) in [7, 11) is 0. The van der Waals surface area contributed by atoms with E-state index in [9.17, 15) is 4.39 Å². The maximum absolute atomic E-state index is 13.4. The molecule has 0 saturated carbocycles. The molecule has 0 aromatic heterocycles. The average molecular weight is 173 g/mol. The molecule has 1 fully saturated rings. The Morgan fingerprint density at radius 3 is 2.17 bits per heavy atom. The molecule has 0 aliphatic carbocycles. The Hall–Kier alpha value is -0.110. The van der Waals surface area contributed by atoms with Crippen molar-refractivity contribution >= 4 is 0 Å². The third-order valence-electron chi connectivity index (χ3n) is 2.76. The van der Waals surface area contributed by atoms with Crippen molar-refractivity contribution in [2.75, 3.05) is 6.54 Å². The average Bonchev–Trinajstić information content (AvgIpc) is 2.30. The quantitative estimate of drug-likeness (QED) is 0.620. The third-order valence-corrected chi connectivity index (χ3v) is 2.76. The van der Waals surface area contributed by atoms with Crippen molar-refractivity contribution < 1.29 is 4.39 Å². The van der Waals surface area contributed by atoms with Crippen LogP contribution in [0.1, 0.15) is 34.1 Å². The molecule has 1 nitrogen and oxygen atoms in total. The molecule has 0 spiro atoms. The van der Waals surface area contributed by atoms with Gasteiger partial charge in [-0.05, 0) is 26.2 Å². The fourth-order valence-electron chi connectivity index (χ4n) is 2.20. The standard InChI is InChI=1S/C10H20FN/c1-7(2)10-9(11)5-6-12(10)8(3)4/h7-10H,5-6H2,1-4H3/t9-,10?/m0/s1. The van der Waals surface area contributed by atoms with Gasteiger partial charge in [-0.15, -0.1) is 0 Å². The highest BCUT2D eigenvalue weighted by atomic mass is 19.1. The summed E-state index contributed by atoms with van der Waals surface area (Å²) in [4.78, 5) is 2.29. The van der Waals surface area contributed by atoms with Gasteiger partial charge in [0, 0.05) is 18.6 Å². The van der Waals surface area contributed by atoms with Crippen molar-refractivity contribution in [1.29, 1.82) is 0 Å². The van der Waals surface area contributed by atoms with Crippen LogP contribution in [0, 0.1) is 5.92 Å². The van der Waals surface area contributed by atoms with Crippen LogP contribution < -0.4 is 0 Å². The Labute approximate surface area is 74.9 Å². The van der Waals surface area contributed by atoms with Crippen molar-refractivity contribution in [1.82, 2.24) is 4.90 Å². The monoisotopic (exact) mass is 173 g/mol. The second kappa shape index (κ2) is 3.73. The van der Waals surface area contributed by atoms with Gasteiger partial charge in [-0.25, -0.2) is 4.39 Å². The molecule has 1 aliphatic rings. The highest BCUT2D eigenvalue weighted by Gasteiger charge is 2.37. The van der Waals surface area contributed by atoms with E-state index in [0.29, 0.717) is 12.0 Å². The van der Waals surface area contributed by atoms with E-state index in [2.05, 4.69) is 32.6 Å². The van der Waals surface area contributed by atoms with Gasteiger partial charge in [-0.1, -0.05) is 13.8 Å². The molecular weight excluding hydrogens is 153 g/mol. The van der Waals surface area contributed by atoms with E-state index in [1.807, 2.05) is 0 Å². The Morgan fingerprint density at radius 2 is 1.83 bits per heavy atom. The Balaban J connectivity index is 2.64. The van der Waals surface area contributed by atoms with Crippen LogP contribution in [0.5, 0.6) is 0 Å². The number of hydrogen-bond acceptors (Lipinski definition) is 1. The van der Waals surface area contributed by atoms with E-state index >= 15 is 0 Å². The van der Waals surface area contributed by atoms with Gasteiger partial charge in [0.15, 0.2) is 0 Å². The fourth-order valence-corrected chi connectivity index (χ4v) is 2.20. The SMILES string of the molecule is CC(C)C1[C@@H](F)CCN1C(C)C. The first kappa shape index (κ1) is 9.97. The first-order valence-corrected chi connectivity index (χ1v) is 4.94. The highest BCUT2D eigenvalue weighted by Crippen LogP contribution is 2.28. The molecule has 0 amide bonds. The normalized spacial score (nSPS) is 32.2. The van der Waals surface area contributed by atoms with Crippen LogP contribution in [0.3, 0.4) is 0 Å². The van der Waals surface area contributed by atoms with Gasteiger partial charge < -0.3 is 0 Å². The number of hydrogen-bond donors (Lipinski definition) is 0. The molecule has 0 N–H and O–H groups in total. The van der Waals surface area contributed by atoms with Gasteiger partial charge in [-0.2, -0.15) is 0 Å². The number of likely N-dealkylation sites (tertiary alicyclic amines) is 1. The number of rotatable bonds is 2. The summed E-state index contributed by atoms with van der Waals surface area (Å²) < 4.78 is 13.4. The van der Waals surface area contributed by atoms with Crippen molar-refractivity contribution in [3.63, 3.8) is 0 Å². The summed E-state index contributed by atoms with van der Waals surface area (Å²) in [5.74, 6) is 0.435. The van der Waals surface area contributed by atoms with Crippen molar-refractivity contribution in [3.8, 4) is 0 Å². The minimum Gasteiger partial charge on any atom is -0.295 e. The number of halogens is 1. The first-order valence-electron chi connectivity index (χ1n) is 4.94. The lowest BCUT2D eigenvalue weighted by molar-refractivity contribution is 0.121. The lowest BCUT2D eigenvalue weighted by Crippen LogP contribution is -2.41. The second-order valence-corrected chi connectivity index (χ2v) is 4.37. The maximum Gasteiger partial charge on any atom is 0.117 e. The van der Waals surface area contributed by atoms with Crippen LogP contribution in [0.15, 0.2) is 0 Å². The molecule has 2 heteroatoms. The summed E-state index contributed by atoms with van der Waals surface area (Å²) in [6, 6.07) is 0.642. The summed E-state index contributed by atoms with van der Waals surface area (Å²) in [5, 5.41) is 0. The molecule has 0 aromatic rings. The molecule has 72 valence electrons. The lowest BCUT2D eigenvalue weighted by Gasteiger charge is -2.31. The van der Waals surface area contributed by atoms with Gasteiger partial charge >= 0.3 is 0 Å². The molecular formula is C10H20FN. The van der Waals surface area contributed by atoms with Gasteiger partial charge in [0.2, 0.25) is 0 Å². The van der Waals surface area contributed by atoms with E-state index < -0.39 is 6.17 Å². The minimum atomic E-state index is -0.604. The van der Waals surface area contributed by atoms with Crippen molar-refractivity contribution in [2.24, 2.45) is 5.92 Å². The van der Waals surface area contributed by atoms with Crippen molar-refractivity contribution in [2.45, 2.75) is 52.4 Å². The van der Waals surface area contributed by atoms with Gasteiger partial charge in [0.05, 0.1) is 0 Å². The zero-order valence-electron chi connectivity index (χ0n) is 8.55. The molecule has 1 rings (SSSR count). The summed E-state index contributed by atoms with van der Waals surface area (Å²) in [5.41, 5.74) is 0. The van der Waals surface area contributed by atoms with Gasteiger partial charge in [-0.3, -0.25) is 4.90 Å². The van der Waals surface area contributed by atoms with E-state index in [1.165, 1.54) is 0 Å². The summed E-state index contributed by atoms with van der Waals surface area (Å²) in [6.07, 6.45) is 0.119. The highest BCUT2D eigenvalue weighted by molar-refractivity contribution is 4.90. The Morgan fingerprint density at radius 1 is 1.25 bits per heavy atom. The Bertz CT molecular complexity index is 145. The predicted molar refractivity (Wildman–Crippen MR) is 50.0 cm³/mol. The summed E-state index contributed by atoms with van der Waals surface area (Å²) in [6.45, 7) is 9.44. The minimum absolute atomic E-state index is 0.157. The molecule has 1 aliphatic heterocycles. The third kappa shape index (κ3) is 1.79. The van der Waals surface area contributed by atoms with Crippen LogP contribution >= 0.6 is 0 Å². The van der Waals surface area contributed by atoms with E-state index in [-0.39, 0.29) is 6.04 Å². The molecule has 0 radical (unpaired) electrons. The maximum atomic E-state index is 13.4. The molecule has 0 bridgehead atoms. The molecule has 1 unspecified atom stereocenters. The molecule has 0 aromatic carbocycles. The lowest BCUT2D eigenvalue weighted by atomic mass is 10.00. The summed E-state index contributed by atoms with van der Waals surface area (Å²) >= 11 is 0. The molecule has 12 heavy (non-hydrogen) atoms. The molecule has 1 saturated heterocycles. The van der Waals surface area contributed by atoms with E-state index in [4.69, 9.17) is 0 Å². The number of alkyl halides is 1. The Kier molecular flexibility index (Phi) is 3.10. The van der Waals surface area contributed by atoms with Crippen molar-refractivity contribution in [3.05, 3.63) is 0 Å². The zero-order chi connectivity index (χ0) is 9.30. The fraction of sp³-hybridized carbons (Fsp3) is 1.00. The van der Waals surface area contributed by atoms with Crippen LogP contribution in [0.25, 0.3) is 0 Å². The van der Waals surface area contributed by atoms with E-state index in [1.54, 1.807) is 0 Å². The molecule has 1 heterocycles. The van der Waals surface area contributed by atoms with E-state index in [0.717, 1.165) is 13.0 Å². The topological polar surface area (TPSA) is 3.24 Å². The van der Waals surface area contributed by atoms with Gasteiger partial charge in [0.1, 0.15) is 6.17 Å². The van der Waals surface area contributed by atoms with Crippen LogP contribution in [0.2, 0.25) is 0 Å². The van der Waals surface area contributed by atoms with Crippen LogP contribution in [-0.2, 0) is 0 Å². The van der Waals surface area contributed by atoms with Crippen LogP contribution in [-0.4, -0.2) is 29.7 Å². The largest absolute Gasteiger partial charge is 0.295 e. The predicted octanol–water partition coefficient (Wildman–Crippen LogP) is 2.46. The zero-order valence-corrected chi connectivity index (χ0v) is 8.55. The smallest absolute Gasteiger partial charge is 0.117 e.